The second-order valence-electron chi connectivity index (χ2n) is 6.38. The van der Waals surface area contributed by atoms with Crippen LogP contribution in [0.3, 0.4) is 0 Å². The van der Waals surface area contributed by atoms with Crippen LogP contribution < -0.4 is 5.32 Å². The van der Waals surface area contributed by atoms with E-state index in [0.717, 1.165) is 18.5 Å². The van der Waals surface area contributed by atoms with Gasteiger partial charge in [-0.2, -0.15) is 15.4 Å². The van der Waals surface area contributed by atoms with Gasteiger partial charge in [0.05, 0.1) is 11.6 Å². The number of hydrogen-bond acceptors (Lipinski definition) is 4. The van der Waals surface area contributed by atoms with Crippen LogP contribution in [0.2, 0.25) is 0 Å². The zero-order valence-electron chi connectivity index (χ0n) is 14.2. The fourth-order valence-electron chi connectivity index (χ4n) is 3.32. The molecule has 2 amide bonds. The van der Waals surface area contributed by atoms with Crippen molar-refractivity contribution in [1.29, 1.82) is 0 Å². The smallest absolute Gasteiger partial charge is 0.254 e. The lowest BCUT2D eigenvalue weighted by Crippen LogP contribution is -2.38. The van der Waals surface area contributed by atoms with Gasteiger partial charge in [-0.15, -0.1) is 0 Å². The highest BCUT2D eigenvalue weighted by molar-refractivity contribution is 6.04. The van der Waals surface area contributed by atoms with E-state index in [1.165, 1.54) is 0 Å². The second kappa shape index (κ2) is 6.95. The third kappa shape index (κ3) is 3.15. The monoisotopic (exact) mass is 349 g/mol. The van der Waals surface area contributed by atoms with Crippen LogP contribution >= 0.6 is 0 Å². The molecule has 4 rings (SSSR count). The van der Waals surface area contributed by atoms with Gasteiger partial charge < -0.3 is 10.2 Å². The molecule has 1 saturated heterocycles. The summed E-state index contributed by atoms with van der Waals surface area (Å²) in [5, 5.41) is 13.7. The Bertz CT molecular complexity index is 937. The van der Waals surface area contributed by atoms with E-state index in [-0.39, 0.29) is 17.9 Å². The van der Waals surface area contributed by atoms with Gasteiger partial charge in [-0.3, -0.25) is 9.59 Å². The molecule has 0 spiro atoms. The fraction of sp³-hybridized carbons (Fsp3) is 0.263. The Balaban J connectivity index is 1.60. The number of carbonyl (C=O) groups is 2. The van der Waals surface area contributed by atoms with Crippen molar-refractivity contribution < 1.29 is 9.59 Å². The van der Waals surface area contributed by atoms with Crippen molar-refractivity contribution in [2.24, 2.45) is 0 Å². The molecule has 2 N–H and O–H groups in total. The van der Waals surface area contributed by atoms with E-state index in [1.807, 2.05) is 35.2 Å². The van der Waals surface area contributed by atoms with Gasteiger partial charge in [0.15, 0.2) is 0 Å². The fourth-order valence-corrected chi connectivity index (χ4v) is 3.32. The number of nitrogens with one attached hydrogen (secondary N) is 2. The van der Waals surface area contributed by atoms with Gasteiger partial charge in [-0.1, -0.05) is 36.4 Å². The summed E-state index contributed by atoms with van der Waals surface area (Å²) in [5.41, 5.74) is 2.61. The lowest BCUT2D eigenvalue weighted by atomic mass is 10.1. The molecule has 1 fully saturated rings. The predicted octanol–water partition coefficient (Wildman–Crippen LogP) is 2.05. The van der Waals surface area contributed by atoms with E-state index in [0.29, 0.717) is 29.6 Å². The molecule has 0 saturated carbocycles. The van der Waals surface area contributed by atoms with Crippen molar-refractivity contribution in [2.75, 3.05) is 13.1 Å². The van der Waals surface area contributed by atoms with Crippen molar-refractivity contribution in [3.63, 3.8) is 0 Å². The number of para-hydroxylation sites is 1. The van der Waals surface area contributed by atoms with Crippen LogP contribution in [0, 0.1) is 0 Å². The molecule has 0 radical (unpaired) electrons. The van der Waals surface area contributed by atoms with Gasteiger partial charge in [0, 0.05) is 19.5 Å². The quantitative estimate of drug-likeness (QED) is 0.737. The van der Waals surface area contributed by atoms with E-state index in [4.69, 9.17) is 0 Å². The summed E-state index contributed by atoms with van der Waals surface area (Å²) in [6.07, 6.45) is 1.44. The molecule has 1 aromatic heterocycles. The average molecular weight is 349 g/mol. The molecule has 3 aromatic rings. The van der Waals surface area contributed by atoms with Crippen LogP contribution in [-0.4, -0.2) is 45.2 Å². The van der Waals surface area contributed by atoms with Crippen molar-refractivity contribution in [1.82, 2.24) is 25.6 Å². The second-order valence-corrected chi connectivity index (χ2v) is 6.38. The number of nitrogens with zero attached hydrogens (tertiary/aromatic N) is 3. The summed E-state index contributed by atoms with van der Waals surface area (Å²) in [7, 11) is 0. The molecule has 1 aliphatic rings. The lowest BCUT2D eigenvalue weighted by Gasteiger charge is -2.25. The van der Waals surface area contributed by atoms with Crippen molar-refractivity contribution in [3.8, 4) is 0 Å². The van der Waals surface area contributed by atoms with Gasteiger partial charge in [0.1, 0.15) is 11.0 Å². The maximum Gasteiger partial charge on any atom is 0.254 e. The number of rotatable bonds is 5. The first-order valence-electron chi connectivity index (χ1n) is 8.65. The zero-order chi connectivity index (χ0) is 17.9. The number of fused-ring (bicyclic) bond motifs is 1. The number of likely N-dealkylation sites (tertiary alicyclic amines) is 1. The third-order valence-corrected chi connectivity index (χ3v) is 4.67. The maximum absolute atomic E-state index is 12.9. The van der Waals surface area contributed by atoms with Crippen LogP contribution in [0.15, 0.2) is 48.5 Å². The molecular formula is C19H19N5O2. The Morgan fingerprint density at radius 2 is 2.00 bits per heavy atom. The largest absolute Gasteiger partial charge is 0.343 e. The Morgan fingerprint density at radius 3 is 2.77 bits per heavy atom. The number of carbonyl (C=O) groups excluding carboxylic acids is 2. The molecule has 2 aromatic carbocycles. The lowest BCUT2D eigenvalue weighted by molar-refractivity contribution is -0.128. The Kier molecular flexibility index (Phi) is 4.35. The van der Waals surface area contributed by atoms with E-state index in [9.17, 15) is 9.59 Å². The van der Waals surface area contributed by atoms with E-state index >= 15 is 0 Å². The highest BCUT2D eigenvalue weighted by Gasteiger charge is 2.26. The predicted molar refractivity (Wildman–Crippen MR) is 96.4 cm³/mol. The minimum absolute atomic E-state index is 0.138. The van der Waals surface area contributed by atoms with Crippen LogP contribution in [0.25, 0.3) is 11.0 Å². The molecular weight excluding hydrogens is 330 g/mol. The average Bonchev–Trinajstić information content (AvgIpc) is 3.30. The zero-order valence-corrected chi connectivity index (χ0v) is 14.2. The summed E-state index contributed by atoms with van der Waals surface area (Å²) < 4.78 is 0. The molecule has 7 nitrogen and oxygen atoms in total. The highest BCUT2D eigenvalue weighted by atomic mass is 16.2. The highest BCUT2D eigenvalue weighted by Crippen LogP contribution is 2.20. The Morgan fingerprint density at radius 1 is 1.15 bits per heavy atom. The summed E-state index contributed by atoms with van der Waals surface area (Å²) in [5.74, 6) is -0.0937. The molecule has 2 heterocycles. The Labute approximate surface area is 150 Å². The maximum atomic E-state index is 12.9. The number of H-pyrrole nitrogens is 1. The number of aromatic nitrogens is 3. The number of hydrogen-bond donors (Lipinski definition) is 2. The van der Waals surface area contributed by atoms with Gasteiger partial charge in [0.25, 0.3) is 5.91 Å². The molecule has 0 aliphatic carbocycles. The van der Waals surface area contributed by atoms with Crippen LogP contribution in [-0.2, 0) is 4.79 Å². The van der Waals surface area contributed by atoms with Crippen LogP contribution in [0.4, 0.5) is 0 Å². The first kappa shape index (κ1) is 16.3. The number of benzene rings is 2. The van der Waals surface area contributed by atoms with Crippen LogP contribution in [0.5, 0.6) is 0 Å². The molecule has 26 heavy (non-hydrogen) atoms. The van der Waals surface area contributed by atoms with Crippen LogP contribution in [0.1, 0.15) is 34.8 Å². The Hall–Kier alpha value is -3.22. The molecule has 132 valence electrons. The molecule has 1 atom stereocenters. The van der Waals surface area contributed by atoms with Crippen molar-refractivity contribution in [2.45, 2.75) is 18.9 Å². The minimum Gasteiger partial charge on any atom is -0.343 e. The van der Waals surface area contributed by atoms with Gasteiger partial charge in [-0.25, -0.2) is 0 Å². The van der Waals surface area contributed by atoms with Crippen molar-refractivity contribution in [3.05, 3.63) is 59.7 Å². The SMILES string of the molecule is O=C(NC(CN1CCCC1=O)c1ccccc1)c1cccc2n[nH]nc12. The topological polar surface area (TPSA) is 91.0 Å². The summed E-state index contributed by atoms with van der Waals surface area (Å²) in [4.78, 5) is 26.7. The number of amides is 2. The summed E-state index contributed by atoms with van der Waals surface area (Å²) in [6, 6.07) is 14.7. The minimum atomic E-state index is -0.284. The summed E-state index contributed by atoms with van der Waals surface area (Å²) >= 11 is 0. The third-order valence-electron chi connectivity index (χ3n) is 4.67. The van der Waals surface area contributed by atoms with E-state index in [2.05, 4.69) is 20.7 Å². The van der Waals surface area contributed by atoms with E-state index < -0.39 is 0 Å². The first-order chi connectivity index (χ1) is 12.7. The first-order valence-corrected chi connectivity index (χ1v) is 8.65. The van der Waals surface area contributed by atoms with Gasteiger partial charge in [0.2, 0.25) is 5.91 Å². The molecule has 7 heteroatoms. The number of aromatic amines is 1. The standard InChI is InChI=1S/C19H19N5O2/c25-17-10-5-11-24(17)12-16(13-6-2-1-3-7-13)20-19(26)14-8-4-9-15-18(14)22-23-21-15/h1-4,6-9,16H,5,10-12H2,(H,20,26)(H,21,22,23). The normalized spacial score (nSPS) is 15.4. The molecule has 1 unspecified atom stereocenters. The molecule has 0 bridgehead atoms. The molecule has 1 aliphatic heterocycles. The van der Waals surface area contributed by atoms with Gasteiger partial charge in [-0.05, 0) is 24.1 Å². The van der Waals surface area contributed by atoms with Gasteiger partial charge >= 0.3 is 0 Å². The van der Waals surface area contributed by atoms with E-state index in [1.54, 1.807) is 18.2 Å². The summed E-state index contributed by atoms with van der Waals surface area (Å²) in [6.45, 7) is 1.19. The van der Waals surface area contributed by atoms with Crippen molar-refractivity contribution >= 4 is 22.8 Å².